The highest BCUT2D eigenvalue weighted by Gasteiger charge is 2.36. The van der Waals surface area contributed by atoms with Gasteiger partial charge in [-0.2, -0.15) is 18.3 Å². The first kappa shape index (κ1) is 18.5. The van der Waals surface area contributed by atoms with Crippen LogP contribution in [0.4, 0.5) is 17.6 Å². The van der Waals surface area contributed by atoms with Crippen molar-refractivity contribution >= 4 is 21.4 Å². The third kappa shape index (κ3) is 3.37. The minimum Gasteiger partial charge on any atom is -0.232 e. The maximum absolute atomic E-state index is 14.3. The number of nitrogens with two attached hydrogens (primary N) is 1. The Morgan fingerprint density at radius 3 is 2.27 bits per heavy atom. The largest absolute Gasteiger partial charge is 0.435 e. The summed E-state index contributed by atoms with van der Waals surface area (Å²) < 4.78 is 77.0. The number of hydrogen-bond acceptors (Lipinski definition) is 4. The van der Waals surface area contributed by atoms with Gasteiger partial charge in [-0.15, -0.1) is 11.3 Å². The number of halogens is 4. The maximum Gasteiger partial charge on any atom is 0.435 e. The van der Waals surface area contributed by atoms with E-state index in [1.165, 1.54) is 24.4 Å². The van der Waals surface area contributed by atoms with E-state index in [-0.39, 0.29) is 21.2 Å². The summed E-state index contributed by atoms with van der Waals surface area (Å²) in [6, 6.07) is 5.52. The topological polar surface area (TPSA) is 78.0 Å². The third-order valence-electron chi connectivity index (χ3n) is 3.54. The van der Waals surface area contributed by atoms with E-state index in [4.69, 9.17) is 5.14 Å². The van der Waals surface area contributed by atoms with Crippen LogP contribution in [0, 0.1) is 12.7 Å². The van der Waals surface area contributed by atoms with Crippen LogP contribution in [0.25, 0.3) is 16.3 Å². The standard InChI is InChI=1S/C15H11F4N3O2S2/c1-8-7-25-14(13(8)16)11-6-12(15(17,18)19)21-22(11)9-2-4-10(5-3-9)26(20,23)24/h2-7H,1H3,(H2,20,23,24). The Balaban J connectivity index is 2.20. The van der Waals surface area contributed by atoms with E-state index >= 15 is 0 Å². The Hall–Kier alpha value is -2.24. The minimum atomic E-state index is -4.72. The van der Waals surface area contributed by atoms with Crippen LogP contribution in [-0.4, -0.2) is 18.2 Å². The summed E-state index contributed by atoms with van der Waals surface area (Å²) >= 11 is 0.950. The van der Waals surface area contributed by atoms with E-state index < -0.39 is 27.7 Å². The first-order valence-electron chi connectivity index (χ1n) is 7.03. The van der Waals surface area contributed by atoms with Crippen LogP contribution < -0.4 is 5.14 Å². The Bertz CT molecular complexity index is 1070. The molecule has 2 heterocycles. The molecule has 3 rings (SSSR count). The predicted octanol–water partition coefficient (Wildman–Crippen LogP) is 3.71. The van der Waals surface area contributed by atoms with E-state index in [1.807, 2.05) is 0 Å². The second kappa shape index (κ2) is 6.18. The van der Waals surface area contributed by atoms with Crippen molar-refractivity contribution in [3.05, 3.63) is 52.8 Å². The molecule has 0 radical (unpaired) electrons. The van der Waals surface area contributed by atoms with Gasteiger partial charge in [-0.25, -0.2) is 22.6 Å². The molecule has 0 aliphatic carbocycles. The zero-order valence-electron chi connectivity index (χ0n) is 13.1. The molecular weight excluding hydrogens is 394 g/mol. The summed E-state index contributed by atoms with van der Waals surface area (Å²) in [5, 5.41) is 10.0. The number of thiophene rings is 1. The number of sulfonamides is 1. The fourth-order valence-electron chi connectivity index (χ4n) is 2.26. The van der Waals surface area contributed by atoms with Crippen LogP contribution in [-0.2, 0) is 16.2 Å². The molecule has 0 atom stereocenters. The van der Waals surface area contributed by atoms with Crippen molar-refractivity contribution in [3.63, 3.8) is 0 Å². The summed E-state index contributed by atoms with van der Waals surface area (Å²) in [4.78, 5) is -0.204. The second-order valence-corrected chi connectivity index (χ2v) is 7.87. The van der Waals surface area contributed by atoms with Gasteiger partial charge in [0, 0.05) is 0 Å². The van der Waals surface area contributed by atoms with Gasteiger partial charge in [0.05, 0.1) is 21.2 Å². The lowest BCUT2D eigenvalue weighted by atomic mass is 10.2. The monoisotopic (exact) mass is 405 g/mol. The van der Waals surface area contributed by atoms with Gasteiger partial charge in [0.25, 0.3) is 0 Å². The number of rotatable bonds is 3. The molecule has 0 spiro atoms. The van der Waals surface area contributed by atoms with Gasteiger partial charge in [0.1, 0.15) is 5.82 Å². The van der Waals surface area contributed by atoms with Gasteiger partial charge in [0.15, 0.2) is 5.69 Å². The molecule has 11 heteroatoms. The van der Waals surface area contributed by atoms with Gasteiger partial charge in [-0.3, -0.25) is 0 Å². The van der Waals surface area contributed by atoms with Gasteiger partial charge in [0.2, 0.25) is 10.0 Å². The molecule has 2 N–H and O–H groups in total. The highest BCUT2D eigenvalue weighted by Crippen LogP contribution is 2.37. The minimum absolute atomic E-state index is 0.000947. The van der Waals surface area contributed by atoms with Crippen LogP contribution in [0.2, 0.25) is 0 Å². The zero-order chi connectivity index (χ0) is 19.3. The molecule has 26 heavy (non-hydrogen) atoms. The maximum atomic E-state index is 14.3. The lowest BCUT2D eigenvalue weighted by Crippen LogP contribution is -2.12. The van der Waals surface area contributed by atoms with Crippen molar-refractivity contribution in [1.29, 1.82) is 0 Å². The lowest BCUT2D eigenvalue weighted by Gasteiger charge is -2.07. The molecule has 1 aromatic carbocycles. The molecule has 0 saturated carbocycles. The Morgan fingerprint density at radius 2 is 1.81 bits per heavy atom. The molecule has 0 aliphatic rings. The molecule has 138 valence electrons. The third-order valence-corrected chi connectivity index (χ3v) is 5.57. The fraction of sp³-hybridized carbons (Fsp3) is 0.133. The average Bonchev–Trinajstić information content (AvgIpc) is 3.11. The van der Waals surface area contributed by atoms with Gasteiger partial charge >= 0.3 is 6.18 Å². The summed E-state index contributed by atoms with van der Waals surface area (Å²) in [6.07, 6.45) is -4.72. The molecule has 0 fully saturated rings. The molecule has 0 aliphatic heterocycles. The van der Waals surface area contributed by atoms with E-state index in [9.17, 15) is 26.0 Å². The van der Waals surface area contributed by atoms with Crippen LogP contribution in [0.1, 0.15) is 11.3 Å². The van der Waals surface area contributed by atoms with Gasteiger partial charge < -0.3 is 0 Å². The van der Waals surface area contributed by atoms with E-state index in [1.54, 1.807) is 0 Å². The van der Waals surface area contributed by atoms with Crippen LogP contribution in [0.5, 0.6) is 0 Å². The van der Waals surface area contributed by atoms with Crippen molar-refractivity contribution in [2.24, 2.45) is 5.14 Å². The fourth-order valence-corrected chi connectivity index (χ4v) is 3.70. The zero-order valence-corrected chi connectivity index (χ0v) is 14.7. The van der Waals surface area contributed by atoms with Gasteiger partial charge in [-0.1, -0.05) is 0 Å². The summed E-state index contributed by atoms with van der Waals surface area (Å²) in [5.74, 6) is -0.633. The molecule has 0 amide bonds. The van der Waals surface area contributed by atoms with Crippen LogP contribution in [0.3, 0.4) is 0 Å². The number of nitrogens with zero attached hydrogens (tertiary/aromatic N) is 2. The summed E-state index contributed by atoms with van der Waals surface area (Å²) in [7, 11) is -3.95. The smallest absolute Gasteiger partial charge is 0.232 e. The predicted molar refractivity (Wildman–Crippen MR) is 87.9 cm³/mol. The SMILES string of the molecule is Cc1csc(-c2cc(C(F)(F)F)nn2-c2ccc(S(N)(=O)=O)cc2)c1F. The molecule has 2 aromatic heterocycles. The van der Waals surface area contributed by atoms with Crippen molar-refractivity contribution in [2.45, 2.75) is 18.0 Å². The summed E-state index contributed by atoms with van der Waals surface area (Å²) in [5.41, 5.74) is -0.839. The number of aryl methyl sites for hydroxylation is 1. The number of aromatic nitrogens is 2. The molecule has 0 bridgehead atoms. The average molecular weight is 405 g/mol. The Morgan fingerprint density at radius 1 is 1.19 bits per heavy atom. The summed E-state index contributed by atoms with van der Waals surface area (Å²) in [6.45, 7) is 1.50. The highest BCUT2D eigenvalue weighted by molar-refractivity contribution is 7.89. The van der Waals surface area contributed by atoms with Crippen molar-refractivity contribution in [1.82, 2.24) is 9.78 Å². The second-order valence-electron chi connectivity index (χ2n) is 5.43. The first-order chi connectivity index (χ1) is 12.0. The van der Waals surface area contributed by atoms with E-state index in [0.29, 0.717) is 5.56 Å². The molecule has 3 aromatic rings. The highest BCUT2D eigenvalue weighted by atomic mass is 32.2. The normalized spacial score (nSPS) is 12.5. The molecule has 5 nitrogen and oxygen atoms in total. The van der Waals surface area contributed by atoms with Crippen molar-refractivity contribution in [3.8, 4) is 16.3 Å². The lowest BCUT2D eigenvalue weighted by molar-refractivity contribution is -0.141. The molecular formula is C15H11F4N3O2S2. The first-order valence-corrected chi connectivity index (χ1v) is 9.45. The molecule has 0 unspecified atom stereocenters. The van der Waals surface area contributed by atoms with E-state index in [2.05, 4.69) is 5.10 Å². The van der Waals surface area contributed by atoms with E-state index in [0.717, 1.165) is 34.2 Å². The molecule has 0 saturated heterocycles. The van der Waals surface area contributed by atoms with Crippen molar-refractivity contribution < 1.29 is 26.0 Å². The van der Waals surface area contributed by atoms with Crippen LogP contribution >= 0.6 is 11.3 Å². The number of alkyl halides is 3. The van der Waals surface area contributed by atoms with Crippen molar-refractivity contribution in [2.75, 3.05) is 0 Å². The quantitative estimate of drug-likeness (QED) is 0.675. The Kier molecular flexibility index (Phi) is 4.41. The van der Waals surface area contributed by atoms with Gasteiger partial charge in [-0.05, 0) is 48.2 Å². The number of hydrogen-bond donors (Lipinski definition) is 1. The Labute approximate surface area is 149 Å². The van der Waals surface area contributed by atoms with Crippen LogP contribution in [0.15, 0.2) is 40.6 Å². The number of benzene rings is 1. The number of primary sulfonamides is 1.